The molecule has 0 saturated carbocycles. The van der Waals surface area contributed by atoms with E-state index in [-0.39, 0.29) is 7.43 Å². The third-order valence-corrected chi connectivity index (χ3v) is 4.79. The molecule has 0 spiro atoms. The number of rotatable bonds is 9. The topological polar surface area (TPSA) is 20.2 Å². The van der Waals surface area contributed by atoms with E-state index in [9.17, 15) is 5.11 Å². The van der Waals surface area contributed by atoms with Crippen LogP contribution < -0.4 is 0 Å². The standard InChI is InChI=1S/C23H36O.C2H6.CH4/c1-7-8-9-13-21-16-19(5)22(23(24)20(21)6)15-14-18(4)12-10-11-17(2)3;1-2;/h11,14,16,24H,7-10,12-13,15H2,1-6H3;1-2H3;1H4/b18-14+;;. The number of unbranched alkanes of at least 4 members (excludes halogenated alkanes) is 2. The molecule has 0 radical (unpaired) electrons. The highest BCUT2D eigenvalue weighted by atomic mass is 16.3. The SMILES string of the molecule is C.CC.CCCCCc1cc(C)c(C/C=C(\C)CCC=C(C)C)c(O)c1C. The molecule has 0 aliphatic carbocycles. The average molecular weight is 375 g/mol. The molecule has 0 unspecified atom stereocenters. The van der Waals surface area contributed by atoms with Crippen LogP contribution in [-0.2, 0) is 12.8 Å². The van der Waals surface area contributed by atoms with Crippen LogP contribution in [0.25, 0.3) is 0 Å². The molecular weight excluding hydrogens is 328 g/mol. The predicted octanol–water partition coefficient (Wildman–Crippen LogP) is 8.64. The highest BCUT2D eigenvalue weighted by Crippen LogP contribution is 2.30. The van der Waals surface area contributed by atoms with E-state index in [1.807, 2.05) is 13.8 Å². The highest BCUT2D eigenvalue weighted by molar-refractivity contribution is 5.50. The summed E-state index contributed by atoms with van der Waals surface area (Å²) in [7, 11) is 0. The van der Waals surface area contributed by atoms with Crippen LogP contribution in [0.15, 0.2) is 29.4 Å². The van der Waals surface area contributed by atoms with Crippen LogP contribution >= 0.6 is 0 Å². The van der Waals surface area contributed by atoms with E-state index in [2.05, 4.69) is 59.8 Å². The summed E-state index contributed by atoms with van der Waals surface area (Å²) in [5, 5.41) is 10.6. The average Bonchev–Trinajstić information content (AvgIpc) is 2.60. The summed E-state index contributed by atoms with van der Waals surface area (Å²) < 4.78 is 0. The van der Waals surface area contributed by atoms with Crippen molar-refractivity contribution >= 4 is 0 Å². The maximum absolute atomic E-state index is 10.6. The van der Waals surface area contributed by atoms with Crippen molar-refractivity contribution in [3.8, 4) is 5.75 Å². The highest BCUT2D eigenvalue weighted by Gasteiger charge is 2.11. The molecule has 0 fully saturated rings. The number of hydrogen-bond acceptors (Lipinski definition) is 1. The van der Waals surface area contributed by atoms with Gasteiger partial charge in [0.25, 0.3) is 0 Å². The summed E-state index contributed by atoms with van der Waals surface area (Å²) in [6.45, 7) is 16.9. The van der Waals surface area contributed by atoms with Gasteiger partial charge >= 0.3 is 0 Å². The Kier molecular flexibility index (Phi) is 16.0. The number of aryl methyl sites for hydroxylation is 2. The van der Waals surface area contributed by atoms with E-state index >= 15 is 0 Å². The van der Waals surface area contributed by atoms with Gasteiger partial charge in [-0.2, -0.15) is 0 Å². The zero-order chi connectivity index (χ0) is 20.1. The lowest BCUT2D eigenvalue weighted by Gasteiger charge is -2.15. The molecule has 1 rings (SSSR count). The first-order chi connectivity index (χ1) is 12.4. The van der Waals surface area contributed by atoms with Gasteiger partial charge in [-0.1, -0.05) is 70.4 Å². The predicted molar refractivity (Wildman–Crippen MR) is 125 cm³/mol. The molecule has 1 heteroatoms. The van der Waals surface area contributed by atoms with E-state index in [0.717, 1.165) is 36.8 Å². The number of phenolic OH excluding ortho intramolecular Hbond substituents is 1. The Bertz CT molecular complexity index is 587. The molecule has 0 aromatic heterocycles. The zero-order valence-corrected chi connectivity index (χ0v) is 18.6. The molecule has 1 aromatic rings. The van der Waals surface area contributed by atoms with Gasteiger partial charge in [0.1, 0.15) is 5.75 Å². The maximum Gasteiger partial charge on any atom is 0.122 e. The second kappa shape index (κ2) is 15.5. The summed E-state index contributed by atoms with van der Waals surface area (Å²) >= 11 is 0. The lowest BCUT2D eigenvalue weighted by molar-refractivity contribution is 0.463. The Labute approximate surface area is 170 Å². The minimum atomic E-state index is 0. The molecule has 0 saturated heterocycles. The van der Waals surface area contributed by atoms with E-state index in [1.165, 1.54) is 41.5 Å². The maximum atomic E-state index is 10.6. The van der Waals surface area contributed by atoms with Crippen molar-refractivity contribution in [2.24, 2.45) is 0 Å². The van der Waals surface area contributed by atoms with Crippen molar-refractivity contribution in [1.29, 1.82) is 0 Å². The molecule has 0 atom stereocenters. The molecule has 0 heterocycles. The third-order valence-electron chi connectivity index (χ3n) is 4.79. The number of benzene rings is 1. The van der Waals surface area contributed by atoms with Crippen molar-refractivity contribution in [3.63, 3.8) is 0 Å². The van der Waals surface area contributed by atoms with Gasteiger partial charge in [-0.25, -0.2) is 0 Å². The minimum absolute atomic E-state index is 0. The summed E-state index contributed by atoms with van der Waals surface area (Å²) in [6.07, 6.45) is 12.4. The molecule has 1 nitrogen and oxygen atoms in total. The molecule has 0 bridgehead atoms. The number of allylic oxidation sites excluding steroid dienone is 4. The van der Waals surface area contributed by atoms with Crippen molar-refractivity contribution in [3.05, 3.63) is 51.6 Å². The molecule has 0 aliphatic heterocycles. The van der Waals surface area contributed by atoms with Gasteiger partial charge < -0.3 is 5.11 Å². The lowest BCUT2D eigenvalue weighted by Crippen LogP contribution is -1.98. The normalized spacial score (nSPS) is 10.6. The van der Waals surface area contributed by atoms with Crippen LogP contribution in [0, 0.1) is 13.8 Å². The lowest BCUT2D eigenvalue weighted by atomic mass is 9.93. The van der Waals surface area contributed by atoms with Gasteiger partial charge in [-0.15, -0.1) is 0 Å². The number of hydrogen-bond donors (Lipinski definition) is 1. The summed E-state index contributed by atoms with van der Waals surface area (Å²) in [6, 6.07) is 2.28. The molecule has 1 N–H and O–H groups in total. The van der Waals surface area contributed by atoms with Crippen molar-refractivity contribution in [2.45, 2.75) is 108 Å². The summed E-state index contributed by atoms with van der Waals surface area (Å²) in [5.74, 6) is 0.509. The van der Waals surface area contributed by atoms with Gasteiger partial charge in [0.15, 0.2) is 0 Å². The zero-order valence-electron chi connectivity index (χ0n) is 18.6. The van der Waals surface area contributed by atoms with Crippen molar-refractivity contribution in [1.82, 2.24) is 0 Å². The Morgan fingerprint density at radius 3 is 2.22 bits per heavy atom. The molecule has 1 aromatic carbocycles. The van der Waals surface area contributed by atoms with Crippen LogP contribution in [-0.4, -0.2) is 5.11 Å². The van der Waals surface area contributed by atoms with Crippen molar-refractivity contribution in [2.75, 3.05) is 0 Å². The van der Waals surface area contributed by atoms with Crippen LogP contribution in [0.2, 0.25) is 0 Å². The first-order valence-corrected chi connectivity index (χ1v) is 10.5. The first-order valence-electron chi connectivity index (χ1n) is 10.5. The summed E-state index contributed by atoms with van der Waals surface area (Å²) in [4.78, 5) is 0. The van der Waals surface area contributed by atoms with Gasteiger partial charge in [-0.05, 0) is 83.4 Å². The fourth-order valence-corrected chi connectivity index (χ4v) is 3.07. The monoisotopic (exact) mass is 374 g/mol. The molecular formula is C26H46O. The molecule has 0 amide bonds. The second-order valence-corrected chi connectivity index (χ2v) is 7.34. The Balaban J connectivity index is 0. The second-order valence-electron chi connectivity index (χ2n) is 7.34. The van der Waals surface area contributed by atoms with Gasteiger partial charge in [0, 0.05) is 5.56 Å². The fourth-order valence-electron chi connectivity index (χ4n) is 3.07. The minimum Gasteiger partial charge on any atom is -0.507 e. The quantitative estimate of drug-likeness (QED) is 0.338. The molecule has 27 heavy (non-hydrogen) atoms. The van der Waals surface area contributed by atoms with E-state index in [0.29, 0.717) is 5.75 Å². The Morgan fingerprint density at radius 1 is 1.04 bits per heavy atom. The van der Waals surface area contributed by atoms with E-state index < -0.39 is 0 Å². The van der Waals surface area contributed by atoms with E-state index in [4.69, 9.17) is 0 Å². The van der Waals surface area contributed by atoms with Crippen LogP contribution in [0.4, 0.5) is 0 Å². The molecule has 0 aliphatic rings. The van der Waals surface area contributed by atoms with Gasteiger partial charge in [0.05, 0.1) is 0 Å². The summed E-state index contributed by atoms with van der Waals surface area (Å²) in [5.41, 5.74) is 7.47. The van der Waals surface area contributed by atoms with Gasteiger partial charge in [-0.3, -0.25) is 0 Å². The molecule has 156 valence electrons. The number of aromatic hydroxyl groups is 1. The van der Waals surface area contributed by atoms with Crippen LogP contribution in [0.5, 0.6) is 5.75 Å². The Hall–Kier alpha value is -1.50. The third kappa shape index (κ3) is 10.4. The van der Waals surface area contributed by atoms with Crippen LogP contribution in [0.1, 0.15) is 103 Å². The van der Waals surface area contributed by atoms with Crippen molar-refractivity contribution < 1.29 is 5.11 Å². The smallest absolute Gasteiger partial charge is 0.122 e. The fraction of sp³-hybridized carbons (Fsp3) is 0.615. The van der Waals surface area contributed by atoms with Crippen LogP contribution in [0.3, 0.4) is 0 Å². The largest absolute Gasteiger partial charge is 0.507 e. The Morgan fingerprint density at radius 2 is 1.67 bits per heavy atom. The van der Waals surface area contributed by atoms with Gasteiger partial charge in [0.2, 0.25) is 0 Å². The number of phenols is 1. The first kappa shape index (κ1) is 27.7. The van der Waals surface area contributed by atoms with E-state index in [1.54, 1.807) is 0 Å².